The smallest absolute Gasteiger partial charge is 0.157 e. The van der Waals surface area contributed by atoms with Crippen LogP contribution >= 0.6 is 7.14 Å². The number of fused-ring (bicyclic) bond motifs is 3. The third-order valence-corrected chi connectivity index (χ3v) is 9.54. The van der Waals surface area contributed by atoms with Crippen LogP contribution in [0, 0.1) is 6.92 Å². The maximum absolute atomic E-state index is 14.1. The van der Waals surface area contributed by atoms with E-state index in [1.54, 1.807) is 12.9 Å². The Morgan fingerprint density at radius 2 is 1.50 bits per heavy atom. The van der Waals surface area contributed by atoms with Crippen LogP contribution in [0.15, 0.2) is 103 Å². The molecule has 5 nitrogen and oxygen atoms in total. The van der Waals surface area contributed by atoms with Crippen molar-refractivity contribution in [1.29, 1.82) is 0 Å². The van der Waals surface area contributed by atoms with Gasteiger partial charge in [-0.15, -0.1) is 0 Å². The minimum atomic E-state index is -2.90. The topological polar surface area (TPSA) is 51.0 Å². The molecule has 0 bridgehead atoms. The van der Waals surface area contributed by atoms with Crippen molar-refractivity contribution in [3.05, 3.63) is 109 Å². The van der Waals surface area contributed by atoms with Crippen molar-refractivity contribution in [2.45, 2.75) is 6.92 Å². The first-order valence-corrected chi connectivity index (χ1v) is 14.8. The highest BCUT2D eigenvalue weighted by Crippen LogP contribution is 2.40. The fourth-order valence-corrected chi connectivity index (χ4v) is 6.73. The summed E-state index contributed by atoms with van der Waals surface area (Å²) in [5.41, 5.74) is 7.05. The minimum absolute atomic E-state index is 0.613. The van der Waals surface area contributed by atoms with Gasteiger partial charge in [0.05, 0.1) is 11.0 Å². The Bertz CT molecular complexity index is 1870. The van der Waals surface area contributed by atoms with E-state index in [1.807, 2.05) is 61.6 Å². The number of hydrogen-bond donors (Lipinski definition) is 0. The lowest BCUT2D eigenvalue weighted by Crippen LogP contribution is -2.20. The SMILES string of the molecule is Cc1ccnc(-n2c3ccccc3c3ccc(-c4cccc(P(C)(=O)c5cc(N(C)C)ccn5)c4)cc32)c1. The molecule has 0 aliphatic heterocycles. The summed E-state index contributed by atoms with van der Waals surface area (Å²) in [6.07, 6.45) is 3.59. The molecule has 6 aromatic rings. The predicted octanol–water partition coefficient (Wildman–Crippen LogP) is 6.56. The molecule has 0 aliphatic rings. The lowest BCUT2D eigenvalue weighted by Gasteiger charge is -2.18. The molecule has 3 aromatic heterocycles. The van der Waals surface area contributed by atoms with Crippen molar-refractivity contribution in [1.82, 2.24) is 14.5 Å². The molecule has 3 aromatic carbocycles. The van der Waals surface area contributed by atoms with E-state index < -0.39 is 7.14 Å². The van der Waals surface area contributed by atoms with E-state index in [2.05, 4.69) is 71.1 Å². The van der Waals surface area contributed by atoms with E-state index in [-0.39, 0.29) is 0 Å². The fourth-order valence-electron chi connectivity index (χ4n) is 5.04. The van der Waals surface area contributed by atoms with Gasteiger partial charge in [0.1, 0.15) is 11.3 Å². The van der Waals surface area contributed by atoms with Gasteiger partial charge in [-0.25, -0.2) is 4.98 Å². The first-order chi connectivity index (χ1) is 18.3. The number of nitrogens with zero attached hydrogens (tertiary/aromatic N) is 4. The van der Waals surface area contributed by atoms with Gasteiger partial charge in [0, 0.05) is 48.3 Å². The summed E-state index contributed by atoms with van der Waals surface area (Å²) in [7, 11) is 1.05. The average molecular weight is 517 g/mol. The Kier molecular flexibility index (Phi) is 5.89. The molecular weight excluding hydrogens is 487 g/mol. The number of rotatable bonds is 5. The highest BCUT2D eigenvalue weighted by Gasteiger charge is 2.24. The largest absolute Gasteiger partial charge is 0.378 e. The first kappa shape index (κ1) is 24.1. The lowest BCUT2D eigenvalue weighted by molar-refractivity contribution is 0.590. The number of aromatic nitrogens is 3. The molecule has 188 valence electrons. The Labute approximate surface area is 222 Å². The fraction of sp³-hybridized carbons (Fsp3) is 0.125. The van der Waals surface area contributed by atoms with Gasteiger partial charge in [-0.1, -0.05) is 48.5 Å². The van der Waals surface area contributed by atoms with E-state index in [1.165, 1.54) is 10.8 Å². The zero-order valence-corrected chi connectivity index (χ0v) is 22.9. The summed E-state index contributed by atoms with van der Waals surface area (Å²) in [6, 6.07) is 31.0. The molecule has 1 unspecified atom stereocenters. The van der Waals surface area contributed by atoms with Crippen LogP contribution in [0.2, 0.25) is 0 Å². The second-order valence-corrected chi connectivity index (χ2v) is 12.8. The maximum Gasteiger partial charge on any atom is 0.157 e. The second kappa shape index (κ2) is 9.27. The van der Waals surface area contributed by atoms with Gasteiger partial charge >= 0.3 is 0 Å². The Balaban J connectivity index is 1.50. The molecule has 0 saturated carbocycles. The lowest BCUT2D eigenvalue weighted by atomic mass is 10.0. The Hall–Kier alpha value is -4.21. The molecule has 0 aliphatic carbocycles. The highest BCUT2D eigenvalue weighted by atomic mass is 31.2. The molecule has 0 N–H and O–H groups in total. The van der Waals surface area contributed by atoms with E-state index >= 15 is 0 Å². The summed E-state index contributed by atoms with van der Waals surface area (Å²) < 4.78 is 16.3. The van der Waals surface area contributed by atoms with Crippen molar-refractivity contribution in [2.24, 2.45) is 0 Å². The van der Waals surface area contributed by atoms with Crippen LogP contribution in [0.5, 0.6) is 0 Å². The summed E-state index contributed by atoms with van der Waals surface area (Å²) in [5, 5.41) is 3.16. The van der Waals surface area contributed by atoms with Gasteiger partial charge in [0.15, 0.2) is 7.14 Å². The predicted molar refractivity (Wildman–Crippen MR) is 160 cm³/mol. The van der Waals surface area contributed by atoms with Gasteiger partial charge in [0.25, 0.3) is 0 Å². The minimum Gasteiger partial charge on any atom is -0.378 e. The van der Waals surface area contributed by atoms with Crippen LogP contribution in [0.4, 0.5) is 5.69 Å². The van der Waals surface area contributed by atoms with Crippen molar-refractivity contribution in [2.75, 3.05) is 25.7 Å². The molecule has 0 saturated heterocycles. The van der Waals surface area contributed by atoms with Crippen LogP contribution in [0.25, 0.3) is 38.8 Å². The van der Waals surface area contributed by atoms with E-state index in [0.29, 0.717) is 5.44 Å². The van der Waals surface area contributed by atoms with Crippen molar-refractivity contribution >= 4 is 45.4 Å². The summed E-state index contributed by atoms with van der Waals surface area (Å²) in [4.78, 5) is 11.2. The van der Waals surface area contributed by atoms with E-state index in [0.717, 1.165) is 44.5 Å². The maximum atomic E-state index is 14.1. The third kappa shape index (κ3) is 4.09. The number of para-hydroxylation sites is 1. The summed E-state index contributed by atoms with van der Waals surface area (Å²) in [5.74, 6) is 0.895. The molecule has 6 rings (SSSR count). The van der Waals surface area contributed by atoms with Gasteiger partial charge in [-0.3, -0.25) is 9.55 Å². The normalized spacial score (nSPS) is 13.1. The van der Waals surface area contributed by atoms with E-state index in [9.17, 15) is 4.57 Å². The number of anilines is 1. The number of hydrogen-bond acceptors (Lipinski definition) is 4. The molecular formula is C32H29N4OP. The van der Waals surface area contributed by atoms with Gasteiger partial charge in [-0.2, -0.15) is 0 Å². The molecule has 0 radical (unpaired) electrons. The monoisotopic (exact) mass is 516 g/mol. The van der Waals surface area contributed by atoms with Crippen molar-refractivity contribution in [3.63, 3.8) is 0 Å². The van der Waals surface area contributed by atoms with Gasteiger partial charge in [0.2, 0.25) is 0 Å². The molecule has 0 amide bonds. The van der Waals surface area contributed by atoms with Crippen LogP contribution in [-0.4, -0.2) is 35.3 Å². The third-order valence-electron chi connectivity index (χ3n) is 7.16. The van der Waals surface area contributed by atoms with Crippen molar-refractivity contribution in [3.8, 4) is 16.9 Å². The van der Waals surface area contributed by atoms with E-state index in [4.69, 9.17) is 4.98 Å². The summed E-state index contributed by atoms with van der Waals surface area (Å²) in [6.45, 7) is 3.89. The standard InChI is InChI=1S/C32H29N4OP/c1-22-14-16-33-31(18-22)36-29-11-6-5-10-27(29)28-13-12-24(20-30(28)36)23-8-7-9-26(19-23)38(4,37)32-21-25(35(2)3)15-17-34-32/h5-21H,1-4H3. The molecule has 1 atom stereocenters. The molecule has 38 heavy (non-hydrogen) atoms. The Morgan fingerprint density at radius 3 is 2.32 bits per heavy atom. The average Bonchev–Trinajstić information content (AvgIpc) is 3.27. The Morgan fingerprint density at radius 1 is 0.737 bits per heavy atom. The van der Waals surface area contributed by atoms with Gasteiger partial charge < -0.3 is 9.46 Å². The highest BCUT2D eigenvalue weighted by molar-refractivity contribution is 7.77. The zero-order valence-electron chi connectivity index (χ0n) is 22.0. The molecule has 0 fully saturated rings. The molecule has 6 heteroatoms. The zero-order chi connectivity index (χ0) is 26.4. The van der Waals surface area contributed by atoms with Crippen LogP contribution in [0.3, 0.4) is 0 Å². The van der Waals surface area contributed by atoms with Crippen LogP contribution in [-0.2, 0) is 4.57 Å². The van der Waals surface area contributed by atoms with Gasteiger partial charge in [-0.05, 0) is 72.7 Å². The molecule has 3 heterocycles. The quantitative estimate of drug-likeness (QED) is 0.244. The summed E-state index contributed by atoms with van der Waals surface area (Å²) >= 11 is 0. The number of pyridine rings is 2. The number of benzene rings is 3. The first-order valence-electron chi connectivity index (χ1n) is 12.6. The molecule has 0 spiro atoms. The van der Waals surface area contributed by atoms with Crippen molar-refractivity contribution < 1.29 is 4.57 Å². The van der Waals surface area contributed by atoms with Crippen LogP contribution in [0.1, 0.15) is 5.56 Å². The number of aryl methyl sites for hydroxylation is 1. The second-order valence-electron chi connectivity index (χ2n) is 10.0. The van der Waals surface area contributed by atoms with Crippen LogP contribution < -0.4 is 15.6 Å².